The number of nitrogen functional groups attached to an aromatic ring is 1. The molecule has 0 saturated heterocycles. The number of ether oxygens (including phenoxy) is 1. The molecule has 3 N–H and O–H groups in total. The Labute approximate surface area is 106 Å². The van der Waals surface area contributed by atoms with Crippen molar-refractivity contribution in [1.82, 2.24) is 14.9 Å². The lowest BCUT2D eigenvalue weighted by atomic mass is 10.4. The van der Waals surface area contributed by atoms with Gasteiger partial charge >= 0.3 is 0 Å². The molecular formula is C11H19N5O2. The standard InChI is InChI=1S/C11H19N5O2/c1-4-5-18-11-9(12)10(14-7-15-11)13-6-8(17)16(2)3/h7H,4-6,12H2,1-3H3,(H,13,14,15). The van der Waals surface area contributed by atoms with E-state index in [1.165, 1.54) is 11.2 Å². The number of nitrogens with one attached hydrogen (secondary N) is 1. The number of carbonyl (C=O) groups excluding carboxylic acids is 1. The van der Waals surface area contributed by atoms with E-state index >= 15 is 0 Å². The van der Waals surface area contributed by atoms with Gasteiger partial charge in [0, 0.05) is 14.1 Å². The second-order valence-corrected chi connectivity index (χ2v) is 3.93. The third-order valence-corrected chi connectivity index (χ3v) is 2.20. The second kappa shape index (κ2) is 6.63. The van der Waals surface area contributed by atoms with Crippen LogP contribution in [0.5, 0.6) is 5.88 Å². The Hall–Kier alpha value is -2.05. The minimum atomic E-state index is -0.0657. The summed E-state index contributed by atoms with van der Waals surface area (Å²) in [5.41, 5.74) is 6.17. The molecule has 1 aromatic rings. The largest absolute Gasteiger partial charge is 0.476 e. The van der Waals surface area contributed by atoms with Crippen molar-refractivity contribution >= 4 is 17.4 Å². The van der Waals surface area contributed by atoms with E-state index in [2.05, 4.69) is 15.3 Å². The van der Waals surface area contributed by atoms with Crippen molar-refractivity contribution in [1.29, 1.82) is 0 Å². The third-order valence-electron chi connectivity index (χ3n) is 2.20. The summed E-state index contributed by atoms with van der Waals surface area (Å²) in [6, 6.07) is 0. The van der Waals surface area contributed by atoms with E-state index in [0.29, 0.717) is 24.0 Å². The maximum absolute atomic E-state index is 11.4. The van der Waals surface area contributed by atoms with Crippen molar-refractivity contribution in [2.75, 3.05) is 38.3 Å². The summed E-state index contributed by atoms with van der Waals surface area (Å²) >= 11 is 0. The van der Waals surface area contributed by atoms with Crippen molar-refractivity contribution < 1.29 is 9.53 Å². The summed E-state index contributed by atoms with van der Waals surface area (Å²) < 4.78 is 5.37. The van der Waals surface area contributed by atoms with Crippen molar-refractivity contribution in [3.63, 3.8) is 0 Å². The molecule has 0 atom stereocenters. The molecule has 0 aromatic carbocycles. The van der Waals surface area contributed by atoms with E-state index in [9.17, 15) is 4.79 Å². The van der Waals surface area contributed by atoms with Crippen LogP contribution in [0, 0.1) is 0 Å². The first-order chi connectivity index (χ1) is 8.56. The van der Waals surface area contributed by atoms with Crippen molar-refractivity contribution in [2.24, 2.45) is 0 Å². The summed E-state index contributed by atoms with van der Waals surface area (Å²) in [5, 5.41) is 2.86. The van der Waals surface area contributed by atoms with Crippen LogP contribution in [0.3, 0.4) is 0 Å². The fraction of sp³-hybridized carbons (Fsp3) is 0.545. The number of aromatic nitrogens is 2. The van der Waals surface area contributed by atoms with Gasteiger partial charge in [-0.05, 0) is 6.42 Å². The Morgan fingerprint density at radius 2 is 2.22 bits per heavy atom. The van der Waals surface area contributed by atoms with Crippen LogP contribution in [0.4, 0.5) is 11.5 Å². The van der Waals surface area contributed by atoms with Crippen molar-refractivity contribution in [3.8, 4) is 5.88 Å². The van der Waals surface area contributed by atoms with Crippen LogP contribution in [-0.4, -0.2) is 48.0 Å². The predicted octanol–water partition coefficient (Wildman–Crippen LogP) is 0.348. The third kappa shape index (κ3) is 3.76. The first kappa shape index (κ1) is 14.0. The molecule has 0 spiro atoms. The molecule has 0 aliphatic rings. The van der Waals surface area contributed by atoms with Crippen molar-refractivity contribution in [2.45, 2.75) is 13.3 Å². The highest BCUT2D eigenvalue weighted by molar-refractivity contribution is 5.81. The zero-order valence-corrected chi connectivity index (χ0v) is 10.9. The predicted molar refractivity (Wildman–Crippen MR) is 69.4 cm³/mol. The number of likely N-dealkylation sites (N-methyl/N-ethyl adjacent to an activating group) is 1. The van der Waals surface area contributed by atoms with E-state index in [1.54, 1.807) is 14.1 Å². The molecule has 1 heterocycles. The fourth-order valence-corrected chi connectivity index (χ4v) is 1.15. The van der Waals surface area contributed by atoms with Crippen LogP contribution in [0.1, 0.15) is 13.3 Å². The molecule has 0 fully saturated rings. The Morgan fingerprint density at radius 1 is 1.50 bits per heavy atom. The molecule has 0 aliphatic heterocycles. The van der Waals surface area contributed by atoms with Crippen LogP contribution < -0.4 is 15.8 Å². The van der Waals surface area contributed by atoms with Gasteiger partial charge in [0.15, 0.2) is 5.82 Å². The van der Waals surface area contributed by atoms with Crippen molar-refractivity contribution in [3.05, 3.63) is 6.33 Å². The Bertz CT molecular complexity index is 408. The molecule has 1 amide bonds. The average molecular weight is 253 g/mol. The fourth-order valence-electron chi connectivity index (χ4n) is 1.15. The highest BCUT2D eigenvalue weighted by atomic mass is 16.5. The summed E-state index contributed by atoms with van der Waals surface area (Å²) in [5.74, 6) is 0.682. The van der Waals surface area contributed by atoms with Crippen LogP contribution >= 0.6 is 0 Å². The van der Waals surface area contributed by atoms with E-state index < -0.39 is 0 Å². The van der Waals surface area contributed by atoms with E-state index in [0.717, 1.165) is 6.42 Å². The average Bonchev–Trinajstić information content (AvgIpc) is 2.35. The lowest BCUT2D eigenvalue weighted by Crippen LogP contribution is -2.29. The zero-order chi connectivity index (χ0) is 13.5. The molecule has 0 radical (unpaired) electrons. The Kier molecular flexibility index (Phi) is 5.16. The second-order valence-electron chi connectivity index (χ2n) is 3.93. The smallest absolute Gasteiger partial charge is 0.242 e. The Morgan fingerprint density at radius 3 is 2.83 bits per heavy atom. The number of carbonyl (C=O) groups is 1. The van der Waals surface area contributed by atoms with E-state index in [-0.39, 0.29) is 12.5 Å². The van der Waals surface area contributed by atoms with Gasteiger partial charge in [-0.25, -0.2) is 4.98 Å². The van der Waals surface area contributed by atoms with E-state index in [4.69, 9.17) is 10.5 Å². The molecule has 1 rings (SSSR count). The van der Waals surface area contributed by atoms with Gasteiger partial charge < -0.3 is 20.7 Å². The Balaban J connectivity index is 2.68. The first-order valence-corrected chi connectivity index (χ1v) is 5.73. The molecular weight excluding hydrogens is 234 g/mol. The zero-order valence-electron chi connectivity index (χ0n) is 10.9. The molecule has 0 saturated carbocycles. The van der Waals surface area contributed by atoms with Gasteiger partial charge in [0.2, 0.25) is 11.8 Å². The topological polar surface area (TPSA) is 93.4 Å². The minimum Gasteiger partial charge on any atom is -0.476 e. The van der Waals surface area contributed by atoms with Gasteiger partial charge in [0.25, 0.3) is 0 Å². The number of anilines is 2. The highest BCUT2D eigenvalue weighted by Crippen LogP contribution is 2.24. The quantitative estimate of drug-likeness (QED) is 0.759. The van der Waals surface area contributed by atoms with Gasteiger partial charge in [0.05, 0.1) is 13.2 Å². The number of rotatable bonds is 6. The molecule has 0 aliphatic carbocycles. The monoisotopic (exact) mass is 253 g/mol. The first-order valence-electron chi connectivity index (χ1n) is 5.73. The minimum absolute atomic E-state index is 0.0657. The van der Waals surface area contributed by atoms with Crippen LogP contribution in [-0.2, 0) is 4.79 Å². The van der Waals surface area contributed by atoms with Gasteiger partial charge in [0.1, 0.15) is 12.0 Å². The molecule has 0 bridgehead atoms. The normalized spacial score (nSPS) is 9.94. The SMILES string of the molecule is CCCOc1ncnc(NCC(=O)N(C)C)c1N. The molecule has 18 heavy (non-hydrogen) atoms. The summed E-state index contributed by atoms with van der Waals surface area (Å²) in [4.78, 5) is 20.8. The summed E-state index contributed by atoms with van der Waals surface area (Å²) in [6.45, 7) is 2.66. The number of nitrogens with two attached hydrogens (primary N) is 1. The van der Waals surface area contributed by atoms with Gasteiger partial charge in [-0.3, -0.25) is 4.79 Å². The van der Waals surface area contributed by atoms with Crippen LogP contribution in [0.2, 0.25) is 0 Å². The summed E-state index contributed by atoms with van der Waals surface area (Å²) in [6.07, 6.45) is 2.22. The molecule has 1 aromatic heterocycles. The lowest BCUT2D eigenvalue weighted by molar-refractivity contribution is -0.126. The van der Waals surface area contributed by atoms with Crippen LogP contribution in [0.25, 0.3) is 0 Å². The van der Waals surface area contributed by atoms with Crippen LogP contribution in [0.15, 0.2) is 6.33 Å². The van der Waals surface area contributed by atoms with Gasteiger partial charge in [-0.1, -0.05) is 6.92 Å². The molecule has 7 nitrogen and oxygen atoms in total. The maximum Gasteiger partial charge on any atom is 0.242 e. The molecule has 0 unspecified atom stereocenters. The number of hydrogen-bond acceptors (Lipinski definition) is 6. The molecule has 7 heteroatoms. The number of nitrogens with zero attached hydrogens (tertiary/aromatic N) is 3. The lowest BCUT2D eigenvalue weighted by Gasteiger charge is -2.13. The van der Waals surface area contributed by atoms with E-state index in [1.807, 2.05) is 6.92 Å². The van der Waals surface area contributed by atoms with Gasteiger partial charge in [-0.2, -0.15) is 4.98 Å². The number of amides is 1. The maximum atomic E-state index is 11.4. The number of hydrogen-bond donors (Lipinski definition) is 2. The summed E-state index contributed by atoms with van der Waals surface area (Å²) in [7, 11) is 3.37. The highest BCUT2D eigenvalue weighted by Gasteiger charge is 2.10. The molecule has 100 valence electrons. The van der Waals surface area contributed by atoms with Gasteiger partial charge in [-0.15, -0.1) is 0 Å².